The molecule has 9 nitrogen and oxygen atoms in total. The second-order valence-corrected chi connectivity index (χ2v) is 12.4. The van der Waals surface area contributed by atoms with Crippen molar-refractivity contribution in [1.82, 2.24) is 19.2 Å². The van der Waals surface area contributed by atoms with Crippen LogP contribution in [0.5, 0.6) is 0 Å². The zero-order valence-electron chi connectivity index (χ0n) is 20.6. The molecule has 1 spiro atoms. The molecule has 1 aromatic carbocycles. The summed E-state index contributed by atoms with van der Waals surface area (Å²) in [4.78, 5) is 25.0. The van der Waals surface area contributed by atoms with Crippen LogP contribution in [0.15, 0.2) is 18.3 Å². The number of hydrogen-bond acceptors (Lipinski definition) is 7. The zero-order chi connectivity index (χ0) is 25.7. The molecule has 1 atom stereocenters. The molecule has 1 amide bonds. The number of anilines is 2. The second-order valence-electron chi connectivity index (χ2n) is 10.4. The van der Waals surface area contributed by atoms with Crippen molar-refractivity contribution in [2.45, 2.75) is 45.1 Å². The number of amides is 1. The van der Waals surface area contributed by atoms with Crippen molar-refractivity contribution in [3.63, 3.8) is 0 Å². The van der Waals surface area contributed by atoms with Crippen LogP contribution in [0.1, 0.15) is 44.6 Å². The number of likely N-dealkylation sites (tertiary alicyclic amines) is 1. The standard InChI is InChI=1S/C24H32F2N6O3S/c1-16(33)30-9-5-24(14-30)6-10-31(15-24)20-12-17(22(25)26)11-18-13-27-23(29-21(18)20)28-19-3-7-32(8-4-19)36(2,34)35/h11-13,19,22H,3-10,14-15H2,1-2H3,(H,27,28,29). The summed E-state index contributed by atoms with van der Waals surface area (Å²) in [6, 6.07) is 3.00. The number of alkyl halides is 2. The van der Waals surface area contributed by atoms with Gasteiger partial charge in [0.05, 0.1) is 17.5 Å². The Morgan fingerprint density at radius 3 is 2.50 bits per heavy atom. The lowest BCUT2D eigenvalue weighted by atomic mass is 9.86. The lowest BCUT2D eigenvalue weighted by Gasteiger charge is -2.30. The minimum atomic E-state index is -3.21. The Morgan fingerprint density at radius 2 is 1.86 bits per heavy atom. The van der Waals surface area contributed by atoms with E-state index in [1.807, 2.05) is 4.90 Å². The molecule has 0 radical (unpaired) electrons. The number of fused-ring (bicyclic) bond motifs is 1. The predicted molar refractivity (Wildman–Crippen MR) is 134 cm³/mol. The summed E-state index contributed by atoms with van der Waals surface area (Å²) < 4.78 is 52.5. The van der Waals surface area contributed by atoms with Gasteiger partial charge in [-0.1, -0.05) is 0 Å². The van der Waals surface area contributed by atoms with Crippen molar-refractivity contribution in [3.05, 3.63) is 23.9 Å². The van der Waals surface area contributed by atoms with Crippen molar-refractivity contribution in [2.24, 2.45) is 5.41 Å². The maximum absolute atomic E-state index is 13.7. The molecular formula is C24H32F2N6O3S. The minimum Gasteiger partial charge on any atom is -0.369 e. The average Bonchev–Trinajstić information content (AvgIpc) is 3.45. The molecule has 0 aliphatic carbocycles. The van der Waals surface area contributed by atoms with E-state index in [9.17, 15) is 22.0 Å². The topological polar surface area (TPSA) is 98.7 Å². The van der Waals surface area contributed by atoms with Gasteiger partial charge in [0.15, 0.2) is 0 Å². The van der Waals surface area contributed by atoms with E-state index in [-0.39, 0.29) is 22.9 Å². The van der Waals surface area contributed by atoms with Gasteiger partial charge in [0.1, 0.15) is 0 Å². The van der Waals surface area contributed by atoms with Crippen molar-refractivity contribution >= 4 is 38.5 Å². The van der Waals surface area contributed by atoms with E-state index in [0.717, 1.165) is 19.4 Å². The molecule has 36 heavy (non-hydrogen) atoms. The summed E-state index contributed by atoms with van der Waals surface area (Å²) in [6.45, 7) is 5.27. The molecule has 5 rings (SSSR count). The summed E-state index contributed by atoms with van der Waals surface area (Å²) in [5.41, 5.74) is 1.19. The Morgan fingerprint density at radius 1 is 1.14 bits per heavy atom. The van der Waals surface area contributed by atoms with Crippen LogP contribution in [0.4, 0.5) is 20.4 Å². The van der Waals surface area contributed by atoms with Gasteiger partial charge in [-0.3, -0.25) is 4.79 Å². The van der Waals surface area contributed by atoms with E-state index in [4.69, 9.17) is 4.98 Å². The molecule has 0 bridgehead atoms. The molecule has 12 heteroatoms. The highest BCUT2D eigenvalue weighted by atomic mass is 32.2. The molecule has 1 aromatic heterocycles. The number of carbonyl (C=O) groups is 1. The molecule has 3 fully saturated rings. The number of nitrogens with zero attached hydrogens (tertiary/aromatic N) is 5. The molecule has 0 saturated carbocycles. The SMILES string of the molecule is CC(=O)N1CCC2(CCN(c3cc(C(F)F)cc4cnc(NC5CCN(S(C)(=O)=O)CC5)nc34)C2)C1. The van der Waals surface area contributed by atoms with Gasteiger partial charge in [0.25, 0.3) is 6.43 Å². The zero-order valence-corrected chi connectivity index (χ0v) is 21.4. The van der Waals surface area contributed by atoms with E-state index in [2.05, 4.69) is 15.2 Å². The smallest absolute Gasteiger partial charge is 0.263 e. The Balaban J connectivity index is 1.40. The summed E-state index contributed by atoms with van der Waals surface area (Å²) in [5.74, 6) is 0.477. The molecule has 3 aliphatic heterocycles. The van der Waals surface area contributed by atoms with E-state index in [1.165, 1.54) is 22.7 Å². The van der Waals surface area contributed by atoms with Gasteiger partial charge in [0.2, 0.25) is 21.9 Å². The van der Waals surface area contributed by atoms with Crippen molar-refractivity contribution in [1.29, 1.82) is 0 Å². The van der Waals surface area contributed by atoms with Gasteiger partial charge in [-0.25, -0.2) is 31.5 Å². The molecule has 2 aromatic rings. The van der Waals surface area contributed by atoms with E-state index in [0.29, 0.717) is 68.1 Å². The van der Waals surface area contributed by atoms with Gasteiger partial charge in [-0.15, -0.1) is 0 Å². The number of halogens is 2. The summed E-state index contributed by atoms with van der Waals surface area (Å²) in [6.07, 6.45) is 3.25. The highest BCUT2D eigenvalue weighted by Crippen LogP contribution is 2.43. The fourth-order valence-electron chi connectivity index (χ4n) is 5.78. The first kappa shape index (κ1) is 25.1. The third-order valence-corrected chi connectivity index (χ3v) is 9.16. The number of piperidine rings is 1. The fraction of sp³-hybridized carbons (Fsp3) is 0.625. The number of benzene rings is 1. The van der Waals surface area contributed by atoms with E-state index < -0.39 is 16.4 Å². The minimum absolute atomic E-state index is 0.0235. The summed E-state index contributed by atoms with van der Waals surface area (Å²) in [5, 5.41) is 3.87. The first-order valence-electron chi connectivity index (χ1n) is 12.3. The van der Waals surface area contributed by atoms with Crippen LogP contribution in [-0.4, -0.2) is 85.1 Å². The highest BCUT2D eigenvalue weighted by Gasteiger charge is 2.44. The van der Waals surface area contributed by atoms with Crippen LogP contribution >= 0.6 is 0 Å². The van der Waals surface area contributed by atoms with Crippen LogP contribution in [0.2, 0.25) is 0 Å². The summed E-state index contributed by atoms with van der Waals surface area (Å²) in [7, 11) is -3.21. The van der Waals surface area contributed by atoms with Crippen LogP contribution in [0.25, 0.3) is 10.9 Å². The Bertz CT molecular complexity index is 1270. The molecule has 3 aliphatic rings. The second kappa shape index (κ2) is 9.37. The number of sulfonamides is 1. The molecule has 3 saturated heterocycles. The number of carbonyl (C=O) groups excluding carboxylic acids is 1. The van der Waals surface area contributed by atoms with Crippen molar-refractivity contribution in [3.8, 4) is 0 Å². The van der Waals surface area contributed by atoms with Crippen LogP contribution in [0.3, 0.4) is 0 Å². The van der Waals surface area contributed by atoms with Gasteiger partial charge < -0.3 is 15.1 Å². The van der Waals surface area contributed by atoms with Crippen LogP contribution < -0.4 is 10.2 Å². The van der Waals surface area contributed by atoms with Gasteiger partial charge in [-0.05, 0) is 37.8 Å². The largest absolute Gasteiger partial charge is 0.369 e. The maximum Gasteiger partial charge on any atom is 0.263 e. The van der Waals surface area contributed by atoms with Gasteiger partial charge in [0, 0.05) is 74.8 Å². The third-order valence-electron chi connectivity index (χ3n) is 7.86. The highest BCUT2D eigenvalue weighted by molar-refractivity contribution is 7.88. The quantitative estimate of drug-likeness (QED) is 0.645. The maximum atomic E-state index is 13.7. The number of aromatic nitrogens is 2. The Labute approximate surface area is 209 Å². The number of rotatable bonds is 5. The Kier molecular flexibility index (Phi) is 6.52. The van der Waals surface area contributed by atoms with E-state index >= 15 is 0 Å². The average molecular weight is 523 g/mol. The van der Waals surface area contributed by atoms with Crippen molar-refractivity contribution in [2.75, 3.05) is 55.7 Å². The molecule has 196 valence electrons. The predicted octanol–water partition coefficient (Wildman–Crippen LogP) is 2.85. The van der Waals surface area contributed by atoms with Gasteiger partial charge >= 0.3 is 0 Å². The van der Waals surface area contributed by atoms with Crippen LogP contribution in [-0.2, 0) is 14.8 Å². The number of hydrogen-bond donors (Lipinski definition) is 1. The number of nitrogens with one attached hydrogen (secondary N) is 1. The first-order chi connectivity index (χ1) is 17.0. The first-order valence-corrected chi connectivity index (χ1v) is 14.2. The fourth-order valence-corrected chi connectivity index (χ4v) is 6.65. The van der Waals surface area contributed by atoms with Crippen molar-refractivity contribution < 1.29 is 22.0 Å². The van der Waals surface area contributed by atoms with Gasteiger partial charge in [-0.2, -0.15) is 0 Å². The van der Waals surface area contributed by atoms with Crippen LogP contribution in [0, 0.1) is 5.41 Å². The lowest BCUT2D eigenvalue weighted by Crippen LogP contribution is -2.42. The normalized spacial score (nSPS) is 23.9. The summed E-state index contributed by atoms with van der Waals surface area (Å²) >= 11 is 0. The molecule has 1 N–H and O–H groups in total. The molecular weight excluding hydrogens is 490 g/mol. The Hall–Kier alpha value is -2.60. The lowest BCUT2D eigenvalue weighted by molar-refractivity contribution is -0.128. The molecule has 1 unspecified atom stereocenters. The molecule has 4 heterocycles. The monoisotopic (exact) mass is 522 g/mol. The van der Waals surface area contributed by atoms with E-state index in [1.54, 1.807) is 13.1 Å². The third kappa shape index (κ3) is 4.97.